The minimum Gasteiger partial charge on any atom is -0.480 e. The van der Waals surface area contributed by atoms with Gasteiger partial charge < -0.3 is 10.0 Å². The Morgan fingerprint density at radius 1 is 1.44 bits per heavy atom. The Hall–Kier alpha value is -1.51. The number of benzene rings is 1. The van der Waals surface area contributed by atoms with Crippen molar-refractivity contribution >= 4 is 11.7 Å². The van der Waals surface area contributed by atoms with E-state index in [0.717, 1.165) is 19.3 Å². The standard InChI is InChI=1S/C13H15NO2/c1-8-3-2-4-9-7-10-5-6-11(13(15)16)14(10)12(8)9/h2-4,10-11H,5-7H2,1H3,(H,15,16). The van der Waals surface area contributed by atoms with Gasteiger partial charge in [0.15, 0.2) is 0 Å². The average molecular weight is 217 g/mol. The van der Waals surface area contributed by atoms with Gasteiger partial charge in [-0.05, 0) is 37.3 Å². The molecule has 16 heavy (non-hydrogen) atoms. The normalized spacial score (nSPS) is 26.7. The quantitative estimate of drug-likeness (QED) is 0.782. The number of carboxylic acids is 1. The highest BCUT2D eigenvalue weighted by atomic mass is 16.4. The molecule has 0 saturated carbocycles. The molecule has 3 nitrogen and oxygen atoms in total. The van der Waals surface area contributed by atoms with E-state index < -0.39 is 5.97 Å². The second kappa shape index (κ2) is 3.24. The zero-order valence-electron chi connectivity index (χ0n) is 9.31. The fourth-order valence-corrected chi connectivity index (χ4v) is 3.17. The first kappa shape index (κ1) is 9.70. The molecule has 2 unspecified atom stereocenters. The fraction of sp³-hybridized carbons (Fsp3) is 0.462. The van der Waals surface area contributed by atoms with Crippen molar-refractivity contribution in [1.29, 1.82) is 0 Å². The van der Waals surface area contributed by atoms with Crippen LogP contribution in [-0.2, 0) is 11.2 Å². The van der Waals surface area contributed by atoms with Gasteiger partial charge in [-0.3, -0.25) is 0 Å². The van der Waals surface area contributed by atoms with Crippen molar-refractivity contribution in [3.63, 3.8) is 0 Å². The summed E-state index contributed by atoms with van der Waals surface area (Å²) in [5.41, 5.74) is 3.70. The van der Waals surface area contributed by atoms with Crippen molar-refractivity contribution in [2.45, 2.75) is 38.3 Å². The summed E-state index contributed by atoms with van der Waals surface area (Å²) in [5, 5.41) is 9.24. The number of rotatable bonds is 1. The average Bonchev–Trinajstić information content (AvgIpc) is 2.74. The maximum Gasteiger partial charge on any atom is 0.326 e. The first-order chi connectivity index (χ1) is 7.68. The van der Waals surface area contributed by atoms with Crippen LogP contribution in [0, 0.1) is 6.92 Å². The molecule has 0 bridgehead atoms. The van der Waals surface area contributed by atoms with Gasteiger partial charge in [-0.2, -0.15) is 0 Å². The molecule has 3 rings (SSSR count). The minimum absolute atomic E-state index is 0.313. The van der Waals surface area contributed by atoms with E-state index in [0.29, 0.717) is 6.04 Å². The van der Waals surface area contributed by atoms with Crippen molar-refractivity contribution < 1.29 is 9.90 Å². The molecule has 1 aromatic carbocycles. The van der Waals surface area contributed by atoms with Crippen LogP contribution in [0.3, 0.4) is 0 Å². The zero-order valence-corrected chi connectivity index (χ0v) is 9.31. The molecule has 0 aromatic heterocycles. The van der Waals surface area contributed by atoms with E-state index in [1.165, 1.54) is 16.8 Å². The predicted molar refractivity (Wildman–Crippen MR) is 61.8 cm³/mol. The van der Waals surface area contributed by atoms with E-state index in [4.69, 9.17) is 0 Å². The second-order valence-corrected chi connectivity index (χ2v) is 4.78. The van der Waals surface area contributed by atoms with Crippen molar-refractivity contribution in [1.82, 2.24) is 0 Å². The summed E-state index contributed by atoms with van der Waals surface area (Å²) in [6.45, 7) is 2.07. The number of carbonyl (C=O) groups is 1. The molecular formula is C13H15NO2. The van der Waals surface area contributed by atoms with Crippen molar-refractivity contribution in [2.24, 2.45) is 0 Å². The maximum absolute atomic E-state index is 11.2. The lowest BCUT2D eigenvalue weighted by Gasteiger charge is -2.25. The molecule has 0 amide bonds. The molecule has 1 aromatic rings. The monoisotopic (exact) mass is 217 g/mol. The minimum atomic E-state index is -0.682. The van der Waals surface area contributed by atoms with Crippen LogP contribution in [0.5, 0.6) is 0 Å². The Bertz CT molecular complexity index is 455. The van der Waals surface area contributed by atoms with Crippen LogP contribution in [0.1, 0.15) is 24.0 Å². The lowest BCUT2D eigenvalue weighted by molar-refractivity contribution is -0.138. The van der Waals surface area contributed by atoms with Gasteiger partial charge in [0.2, 0.25) is 0 Å². The number of hydrogen-bond acceptors (Lipinski definition) is 2. The van der Waals surface area contributed by atoms with Crippen LogP contribution in [0.2, 0.25) is 0 Å². The van der Waals surface area contributed by atoms with E-state index >= 15 is 0 Å². The first-order valence-corrected chi connectivity index (χ1v) is 5.78. The number of para-hydroxylation sites is 1. The van der Waals surface area contributed by atoms with Gasteiger partial charge in [-0.1, -0.05) is 18.2 Å². The molecule has 3 heteroatoms. The zero-order chi connectivity index (χ0) is 11.3. The third-order valence-electron chi connectivity index (χ3n) is 3.82. The number of nitrogens with zero attached hydrogens (tertiary/aromatic N) is 1. The van der Waals surface area contributed by atoms with Crippen LogP contribution in [0.4, 0.5) is 5.69 Å². The summed E-state index contributed by atoms with van der Waals surface area (Å²) in [7, 11) is 0. The van der Waals surface area contributed by atoms with Gasteiger partial charge in [-0.25, -0.2) is 4.79 Å². The SMILES string of the molecule is Cc1cccc2c1N1C(CCC1C(=O)O)C2. The van der Waals surface area contributed by atoms with Crippen LogP contribution < -0.4 is 4.90 Å². The first-order valence-electron chi connectivity index (χ1n) is 5.78. The summed E-state index contributed by atoms with van der Waals surface area (Å²) < 4.78 is 0. The topological polar surface area (TPSA) is 40.5 Å². The number of fused-ring (bicyclic) bond motifs is 3. The smallest absolute Gasteiger partial charge is 0.326 e. The van der Waals surface area contributed by atoms with E-state index in [1.807, 2.05) is 0 Å². The van der Waals surface area contributed by atoms with Crippen LogP contribution >= 0.6 is 0 Å². The molecule has 0 aliphatic carbocycles. The lowest BCUT2D eigenvalue weighted by Crippen LogP contribution is -2.38. The largest absolute Gasteiger partial charge is 0.480 e. The number of anilines is 1. The molecule has 2 heterocycles. The van der Waals surface area contributed by atoms with Crippen molar-refractivity contribution in [3.05, 3.63) is 29.3 Å². The Kier molecular flexibility index (Phi) is 1.96. The Morgan fingerprint density at radius 2 is 2.25 bits per heavy atom. The number of aryl methyl sites for hydroxylation is 1. The molecule has 84 valence electrons. The summed E-state index contributed by atoms with van der Waals surface area (Å²) >= 11 is 0. The molecular weight excluding hydrogens is 202 g/mol. The predicted octanol–water partition coefficient (Wildman–Crippen LogP) is 1.97. The highest BCUT2D eigenvalue weighted by Crippen LogP contribution is 2.42. The van der Waals surface area contributed by atoms with E-state index in [1.54, 1.807) is 0 Å². The molecule has 2 atom stereocenters. The molecule has 1 N–H and O–H groups in total. The Balaban J connectivity index is 2.09. The molecule has 2 aliphatic rings. The van der Waals surface area contributed by atoms with Gasteiger partial charge in [0.05, 0.1) is 0 Å². The third-order valence-corrected chi connectivity index (χ3v) is 3.82. The Labute approximate surface area is 94.7 Å². The van der Waals surface area contributed by atoms with Gasteiger partial charge in [-0.15, -0.1) is 0 Å². The number of hydrogen-bond donors (Lipinski definition) is 1. The highest BCUT2D eigenvalue weighted by Gasteiger charge is 2.43. The van der Waals surface area contributed by atoms with Crippen molar-refractivity contribution in [2.75, 3.05) is 4.90 Å². The number of carboxylic acid groups (broad SMARTS) is 1. The van der Waals surface area contributed by atoms with Gasteiger partial charge in [0, 0.05) is 11.7 Å². The molecule has 2 aliphatic heterocycles. The highest BCUT2D eigenvalue weighted by molar-refractivity contribution is 5.82. The Morgan fingerprint density at radius 3 is 3.00 bits per heavy atom. The van der Waals surface area contributed by atoms with Crippen LogP contribution in [0.25, 0.3) is 0 Å². The summed E-state index contributed by atoms with van der Waals surface area (Å²) in [4.78, 5) is 13.4. The van der Waals surface area contributed by atoms with E-state index in [2.05, 4.69) is 30.0 Å². The van der Waals surface area contributed by atoms with Crippen LogP contribution in [-0.4, -0.2) is 23.2 Å². The fourth-order valence-electron chi connectivity index (χ4n) is 3.17. The summed E-state index contributed by atoms with van der Waals surface area (Å²) in [6.07, 6.45) is 2.81. The summed E-state index contributed by atoms with van der Waals surface area (Å²) in [5.74, 6) is -0.682. The molecule has 0 spiro atoms. The maximum atomic E-state index is 11.2. The van der Waals surface area contributed by atoms with Gasteiger partial charge in [0.25, 0.3) is 0 Å². The summed E-state index contributed by atoms with van der Waals surface area (Å²) in [6, 6.07) is 6.36. The lowest BCUT2D eigenvalue weighted by atomic mass is 10.0. The molecule has 1 fully saturated rings. The number of aliphatic carboxylic acids is 1. The van der Waals surface area contributed by atoms with Gasteiger partial charge in [0.1, 0.15) is 6.04 Å². The second-order valence-electron chi connectivity index (χ2n) is 4.78. The van der Waals surface area contributed by atoms with E-state index in [-0.39, 0.29) is 6.04 Å². The third kappa shape index (κ3) is 1.17. The van der Waals surface area contributed by atoms with Crippen molar-refractivity contribution in [3.8, 4) is 0 Å². The van der Waals surface area contributed by atoms with Gasteiger partial charge >= 0.3 is 5.97 Å². The van der Waals surface area contributed by atoms with Crippen LogP contribution in [0.15, 0.2) is 18.2 Å². The van der Waals surface area contributed by atoms with E-state index in [9.17, 15) is 9.90 Å². The molecule has 0 radical (unpaired) electrons. The molecule has 1 saturated heterocycles.